The molecule has 3 aromatic rings. The van der Waals surface area contributed by atoms with Gasteiger partial charge in [0.05, 0.1) is 23.7 Å². The van der Waals surface area contributed by atoms with Crippen LogP contribution >= 0.6 is 0 Å². The fraction of sp³-hybridized carbons (Fsp3) is 0.111. The van der Waals surface area contributed by atoms with E-state index in [4.69, 9.17) is 5.73 Å². The molecule has 7 heteroatoms. The SMILES string of the molecule is Cc1cn(N=Cc2ccc(-c3cccc(C(F)(F)F)c3)cc2)c(N)n1. The number of halogens is 3. The lowest BCUT2D eigenvalue weighted by atomic mass is 10.0. The quantitative estimate of drug-likeness (QED) is 0.719. The number of rotatable bonds is 3. The van der Waals surface area contributed by atoms with Crippen molar-refractivity contribution in [2.24, 2.45) is 5.10 Å². The van der Waals surface area contributed by atoms with Crippen LogP contribution in [0.25, 0.3) is 11.1 Å². The van der Waals surface area contributed by atoms with Crippen molar-refractivity contribution in [3.8, 4) is 11.1 Å². The van der Waals surface area contributed by atoms with Gasteiger partial charge in [-0.15, -0.1) is 0 Å². The summed E-state index contributed by atoms with van der Waals surface area (Å²) in [6.45, 7) is 1.81. The number of hydrogen-bond donors (Lipinski definition) is 1. The minimum atomic E-state index is -4.36. The summed E-state index contributed by atoms with van der Waals surface area (Å²) in [6.07, 6.45) is -1.05. The molecule has 0 aliphatic heterocycles. The smallest absolute Gasteiger partial charge is 0.368 e. The highest BCUT2D eigenvalue weighted by Gasteiger charge is 2.30. The van der Waals surface area contributed by atoms with Crippen molar-refractivity contribution in [2.75, 3.05) is 5.73 Å². The number of benzene rings is 2. The summed E-state index contributed by atoms with van der Waals surface area (Å²) in [6, 6.07) is 12.3. The molecule has 0 fully saturated rings. The zero-order valence-electron chi connectivity index (χ0n) is 13.3. The van der Waals surface area contributed by atoms with Crippen molar-refractivity contribution in [3.63, 3.8) is 0 Å². The van der Waals surface area contributed by atoms with Gasteiger partial charge in [-0.3, -0.25) is 0 Å². The van der Waals surface area contributed by atoms with Crippen LogP contribution in [0.3, 0.4) is 0 Å². The van der Waals surface area contributed by atoms with Gasteiger partial charge in [0.15, 0.2) is 0 Å². The molecule has 0 amide bonds. The first-order valence-corrected chi connectivity index (χ1v) is 7.46. The first kappa shape index (κ1) is 16.8. The number of imidazole rings is 1. The molecule has 2 N–H and O–H groups in total. The zero-order chi connectivity index (χ0) is 18.0. The lowest BCUT2D eigenvalue weighted by Crippen LogP contribution is -2.04. The molecule has 0 bridgehead atoms. The highest BCUT2D eigenvalue weighted by molar-refractivity contribution is 5.81. The fourth-order valence-corrected chi connectivity index (χ4v) is 2.36. The molecule has 128 valence electrons. The largest absolute Gasteiger partial charge is 0.416 e. The molecule has 0 saturated heterocycles. The van der Waals surface area contributed by atoms with Gasteiger partial charge in [0.25, 0.3) is 0 Å². The Morgan fingerprint density at radius 1 is 1.08 bits per heavy atom. The standard InChI is InChI=1S/C18H15F3N4/c1-12-11-25(17(22)24-12)23-10-13-5-7-14(8-6-13)15-3-2-4-16(9-15)18(19,20)21/h2-11H,1H3,(H2,22,24). The maximum Gasteiger partial charge on any atom is 0.416 e. The fourth-order valence-electron chi connectivity index (χ4n) is 2.36. The van der Waals surface area contributed by atoms with Crippen LogP contribution in [0.2, 0.25) is 0 Å². The van der Waals surface area contributed by atoms with E-state index in [1.165, 1.54) is 10.7 Å². The Morgan fingerprint density at radius 2 is 1.80 bits per heavy atom. The van der Waals surface area contributed by atoms with Gasteiger partial charge in [-0.2, -0.15) is 18.3 Å². The number of aryl methyl sites for hydroxylation is 1. The number of nitrogens with zero attached hydrogens (tertiary/aromatic N) is 3. The number of alkyl halides is 3. The molecule has 1 aromatic heterocycles. The molecule has 0 spiro atoms. The minimum absolute atomic E-state index is 0.286. The zero-order valence-corrected chi connectivity index (χ0v) is 13.3. The van der Waals surface area contributed by atoms with Gasteiger partial charge in [0.2, 0.25) is 5.95 Å². The van der Waals surface area contributed by atoms with E-state index in [0.29, 0.717) is 11.1 Å². The minimum Gasteiger partial charge on any atom is -0.368 e. The monoisotopic (exact) mass is 344 g/mol. The normalized spacial score (nSPS) is 12.0. The Hall–Kier alpha value is -3.09. The van der Waals surface area contributed by atoms with Crippen LogP contribution in [0.5, 0.6) is 0 Å². The molecule has 0 atom stereocenters. The molecular weight excluding hydrogens is 329 g/mol. The topological polar surface area (TPSA) is 56.2 Å². The molecule has 0 aliphatic carbocycles. The molecule has 0 saturated carbocycles. The number of nitrogens with two attached hydrogens (primary N) is 1. The van der Waals surface area contributed by atoms with E-state index < -0.39 is 11.7 Å². The Morgan fingerprint density at radius 3 is 2.40 bits per heavy atom. The average molecular weight is 344 g/mol. The Bertz CT molecular complexity index is 909. The van der Waals surface area contributed by atoms with Crippen molar-refractivity contribution < 1.29 is 13.2 Å². The number of aromatic nitrogens is 2. The van der Waals surface area contributed by atoms with E-state index in [9.17, 15) is 13.2 Å². The van der Waals surface area contributed by atoms with E-state index in [-0.39, 0.29) is 5.95 Å². The van der Waals surface area contributed by atoms with Crippen LogP contribution in [0.4, 0.5) is 19.1 Å². The van der Waals surface area contributed by atoms with Gasteiger partial charge >= 0.3 is 6.18 Å². The molecular formula is C18H15F3N4. The third-order valence-corrected chi connectivity index (χ3v) is 3.60. The molecule has 25 heavy (non-hydrogen) atoms. The Balaban J connectivity index is 1.82. The molecule has 2 aromatic carbocycles. The Labute approximate surface area is 142 Å². The van der Waals surface area contributed by atoms with Crippen LogP contribution in [0.15, 0.2) is 59.8 Å². The van der Waals surface area contributed by atoms with Crippen LogP contribution in [0, 0.1) is 6.92 Å². The van der Waals surface area contributed by atoms with Gasteiger partial charge in [-0.25, -0.2) is 9.66 Å². The maximum atomic E-state index is 12.8. The van der Waals surface area contributed by atoms with Gasteiger partial charge in [-0.1, -0.05) is 36.4 Å². The van der Waals surface area contributed by atoms with Crippen molar-refractivity contribution in [3.05, 3.63) is 71.5 Å². The van der Waals surface area contributed by atoms with Crippen LogP contribution in [-0.4, -0.2) is 15.9 Å². The van der Waals surface area contributed by atoms with Crippen LogP contribution in [-0.2, 0) is 6.18 Å². The predicted molar refractivity (Wildman–Crippen MR) is 91.2 cm³/mol. The number of hydrogen-bond acceptors (Lipinski definition) is 3. The summed E-state index contributed by atoms with van der Waals surface area (Å²) in [5, 5.41) is 4.20. The second-order valence-corrected chi connectivity index (χ2v) is 5.53. The lowest BCUT2D eigenvalue weighted by molar-refractivity contribution is -0.137. The van der Waals surface area contributed by atoms with Crippen LogP contribution in [0.1, 0.15) is 16.8 Å². The van der Waals surface area contributed by atoms with E-state index in [1.54, 1.807) is 42.7 Å². The van der Waals surface area contributed by atoms with E-state index >= 15 is 0 Å². The summed E-state index contributed by atoms with van der Waals surface area (Å²) in [4.78, 5) is 4.04. The van der Waals surface area contributed by atoms with E-state index in [1.807, 2.05) is 6.92 Å². The summed E-state index contributed by atoms with van der Waals surface area (Å²) >= 11 is 0. The molecule has 3 rings (SSSR count). The summed E-state index contributed by atoms with van der Waals surface area (Å²) in [5.74, 6) is 0.286. The first-order chi connectivity index (χ1) is 11.8. The van der Waals surface area contributed by atoms with E-state index in [0.717, 1.165) is 23.4 Å². The number of anilines is 1. The second kappa shape index (κ2) is 6.43. The molecule has 0 unspecified atom stereocenters. The summed E-state index contributed by atoms with van der Waals surface area (Å²) < 4.78 is 39.9. The summed E-state index contributed by atoms with van der Waals surface area (Å²) in [7, 11) is 0. The van der Waals surface area contributed by atoms with E-state index in [2.05, 4.69) is 10.1 Å². The van der Waals surface area contributed by atoms with Crippen molar-refractivity contribution in [2.45, 2.75) is 13.1 Å². The second-order valence-electron chi connectivity index (χ2n) is 5.53. The number of nitrogen functional groups attached to an aromatic ring is 1. The van der Waals surface area contributed by atoms with Gasteiger partial charge in [0, 0.05) is 0 Å². The highest BCUT2D eigenvalue weighted by Crippen LogP contribution is 2.32. The van der Waals surface area contributed by atoms with Crippen molar-refractivity contribution >= 4 is 12.2 Å². The molecule has 0 radical (unpaired) electrons. The van der Waals surface area contributed by atoms with Crippen molar-refractivity contribution in [1.82, 2.24) is 9.66 Å². The van der Waals surface area contributed by atoms with Crippen molar-refractivity contribution in [1.29, 1.82) is 0 Å². The van der Waals surface area contributed by atoms with Gasteiger partial charge < -0.3 is 5.73 Å². The third-order valence-electron chi connectivity index (χ3n) is 3.60. The van der Waals surface area contributed by atoms with Gasteiger partial charge in [0.1, 0.15) is 0 Å². The molecule has 1 heterocycles. The third kappa shape index (κ3) is 3.88. The predicted octanol–water partition coefficient (Wildman–Crippen LogP) is 4.34. The average Bonchev–Trinajstić information content (AvgIpc) is 2.90. The molecule has 0 aliphatic rings. The Kier molecular flexibility index (Phi) is 4.31. The highest BCUT2D eigenvalue weighted by atomic mass is 19.4. The van der Waals surface area contributed by atoms with Gasteiger partial charge in [-0.05, 0) is 35.7 Å². The maximum absolute atomic E-state index is 12.8. The first-order valence-electron chi connectivity index (χ1n) is 7.46. The lowest BCUT2D eigenvalue weighted by Gasteiger charge is -2.09. The summed E-state index contributed by atoms with van der Waals surface area (Å²) in [5.41, 5.74) is 7.79. The molecule has 4 nitrogen and oxygen atoms in total. The van der Waals surface area contributed by atoms with Crippen LogP contribution < -0.4 is 5.73 Å².